The number of aliphatic hydroxyl groups is 1. The molecule has 7 nitrogen and oxygen atoms in total. The predicted octanol–water partition coefficient (Wildman–Crippen LogP) is 6.21. The first-order valence-electron chi connectivity index (χ1n) is 12.7. The molecule has 0 spiro atoms. The van der Waals surface area contributed by atoms with E-state index in [4.69, 9.17) is 14.9 Å². The number of amides is 1. The van der Waals surface area contributed by atoms with E-state index in [1.54, 1.807) is 12.2 Å². The number of carbonyl (C=O) groups is 3. The molecule has 0 saturated heterocycles. The Bertz CT molecular complexity index is 859. The second-order valence-electron chi connectivity index (χ2n) is 7.44. The van der Waals surface area contributed by atoms with Gasteiger partial charge in [-0.2, -0.15) is 0 Å². The zero-order chi connectivity index (χ0) is 29.8. The summed E-state index contributed by atoms with van der Waals surface area (Å²) in [4.78, 5) is 31.1. The summed E-state index contributed by atoms with van der Waals surface area (Å²) in [5, 5.41) is 15.0. The summed E-state index contributed by atoms with van der Waals surface area (Å²) in [5.41, 5.74) is 8.43. The zero-order valence-corrected chi connectivity index (χ0v) is 23.7. The van der Waals surface area contributed by atoms with Crippen LogP contribution in [0.3, 0.4) is 0 Å². The van der Waals surface area contributed by atoms with Crippen LogP contribution in [0.2, 0.25) is 0 Å². The standard InChI is InChI=1S/C20H24O2.C4H7NO3.C4H6.C2H6.CH4O/c1-3-22-20(21)16(2)8-7-9-17-12-14-19(15-13-17)18-10-5-4-6-11-18;5-3(6)1-2-4(7)8;1-3-4-2;2*1-2/h4-6,10-16H,3,7-9H2,1-2H3;1-2H2,(H2,5,6)(H,7,8);3-4H,1-2H2;1-2H3;2H,1H3. The summed E-state index contributed by atoms with van der Waals surface area (Å²) < 4.78 is 5.03. The molecule has 0 aliphatic heterocycles. The van der Waals surface area contributed by atoms with E-state index in [9.17, 15) is 14.4 Å². The molecule has 2 aromatic rings. The lowest BCUT2D eigenvalue weighted by atomic mass is 9.99. The van der Waals surface area contributed by atoms with Crippen molar-refractivity contribution in [3.05, 3.63) is 85.5 Å². The fourth-order valence-electron chi connectivity index (χ4n) is 2.74. The maximum Gasteiger partial charge on any atom is 0.308 e. The van der Waals surface area contributed by atoms with Crippen molar-refractivity contribution < 1.29 is 29.3 Å². The van der Waals surface area contributed by atoms with Gasteiger partial charge in [-0.05, 0) is 42.9 Å². The van der Waals surface area contributed by atoms with Gasteiger partial charge in [-0.1, -0.05) is 101 Å². The van der Waals surface area contributed by atoms with Crippen LogP contribution in [0.15, 0.2) is 79.9 Å². The van der Waals surface area contributed by atoms with Gasteiger partial charge in [0.25, 0.3) is 0 Å². The predicted molar refractivity (Wildman–Crippen MR) is 157 cm³/mol. The molecule has 0 saturated carbocycles. The molecule has 212 valence electrons. The van der Waals surface area contributed by atoms with Crippen molar-refractivity contribution in [2.75, 3.05) is 13.7 Å². The van der Waals surface area contributed by atoms with Crippen molar-refractivity contribution in [1.82, 2.24) is 0 Å². The molecule has 1 amide bonds. The number of benzene rings is 2. The fraction of sp³-hybridized carbons (Fsp3) is 0.387. The van der Waals surface area contributed by atoms with Crippen molar-refractivity contribution in [2.24, 2.45) is 11.7 Å². The number of aliphatic carboxylic acids is 1. The van der Waals surface area contributed by atoms with Crippen LogP contribution in [-0.4, -0.2) is 41.8 Å². The molecule has 2 rings (SSSR count). The lowest BCUT2D eigenvalue weighted by Crippen LogP contribution is -2.14. The Kier molecular flexibility index (Phi) is 28.5. The number of carboxylic acids is 1. The molecule has 0 heterocycles. The number of rotatable bonds is 11. The van der Waals surface area contributed by atoms with Crippen LogP contribution in [0.5, 0.6) is 0 Å². The van der Waals surface area contributed by atoms with Crippen LogP contribution in [-0.2, 0) is 25.5 Å². The number of ether oxygens (including phenoxy) is 1. The van der Waals surface area contributed by atoms with Gasteiger partial charge in [-0.25, -0.2) is 0 Å². The maximum absolute atomic E-state index is 11.6. The molecule has 0 radical (unpaired) electrons. The number of carboxylic acid groups (broad SMARTS) is 1. The lowest BCUT2D eigenvalue weighted by Gasteiger charge is -2.10. The molecule has 38 heavy (non-hydrogen) atoms. The zero-order valence-electron chi connectivity index (χ0n) is 23.7. The molecule has 0 aliphatic carbocycles. The number of nitrogens with two attached hydrogens (primary N) is 1. The quantitative estimate of drug-likeness (QED) is 0.235. The maximum atomic E-state index is 11.6. The van der Waals surface area contributed by atoms with E-state index < -0.39 is 11.9 Å². The van der Waals surface area contributed by atoms with Crippen LogP contribution in [0.1, 0.15) is 58.9 Å². The van der Waals surface area contributed by atoms with E-state index in [-0.39, 0.29) is 24.7 Å². The number of hydrogen-bond donors (Lipinski definition) is 3. The Morgan fingerprint density at radius 2 is 1.42 bits per heavy atom. The van der Waals surface area contributed by atoms with Gasteiger partial charge in [0, 0.05) is 13.5 Å². The van der Waals surface area contributed by atoms with Gasteiger partial charge in [0.2, 0.25) is 5.91 Å². The Hall–Kier alpha value is -3.71. The van der Waals surface area contributed by atoms with Crippen molar-refractivity contribution >= 4 is 17.8 Å². The third-order valence-electron chi connectivity index (χ3n) is 4.60. The SMILES string of the molecule is C=CC=C.CC.CCOC(=O)C(C)CCCc1ccc(-c2ccccc2)cc1.CO.NC(=O)CCC(=O)O. The van der Waals surface area contributed by atoms with Gasteiger partial charge in [-0.3, -0.25) is 14.4 Å². The van der Waals surface area contributed by atoms with Gasteiger partial charge in [0.15, 0.2) is 0 Å². The molecular weight excluding hydrogens is 482 g/mol. The smallest absolute Gasteiger partial charge is 0.308 e. The topological polar surface area (TPSA) is 127 Å². The fourth-order valence-corrected chi connectivity index (χ4v) is 2.74. The summed E-state index contributed by atoms with van der Waals surface area (Å²) in [6.45, 7) is 15.0. The van der Waals surface area contributed by atoms with Crippen LogP contribution >= 0.6 is 0 Å². The Balaban J connectivity index is -0.000000635. The minimum Gasteiger partial charge on any atom is -0.481 e. The van der Waals surface area contributed by atoms with Gasteiger partial charge >= 0.3 is 11.9 Å². The van der Waals surface area contributed by atoms with Crippen LogP contribution in [0, 0.1) is 5.92 Å². The van der Waals surface area contributed by atoms with Crippen molar-refractivity contribution in [2.45, 2.75) is 59.8 Å². The number of primary amides is 1. The highest BCUT2D eigenvalue weighted by Crippen LogP contribution is 2.20. The normalized spacial score (nSPS) is 9.53. The molecule has 2 aromatic carbocycles. The Labute approximate surface area is 229 Å². The van der Waals surface area contributed by atoms with E-state index in [2.05, 4.69) is 67.4 Å². The minimum absolute atomic E-state index is 0.0106. The number of hydrogen-bond acceptors (Lipinski definition) is 5. The molecule has 7 heteroatoms. The monoisotopic (exact) mass is 529 g/mol. The average Bonchev–Trinajstić information content (AvgIpc) is 2.95. The number of aliphatic hydroxyl groups excluding tert-OH is 1. The first-order chi connectivity index (χ1) is 18.2. The van der Waals surface area contributed by atoms with E-state index in [1.165, 1.54) is 16.7 Å². The number of aryl methyl sites for hydroxylation is 1. The Morgan fingerprint density at radius 1 is 0.921 bits per heavy atom. The number of allylic oxidation sites excluding steroid dienone is 2. The highest BCUT2D eigenvalue weighted by atomic mass is 16.5. The highest BCUT2D eigenvalue weighted by Gasteiger charge is 2.13. The van der Waals surface area contributed by atoms with Crippen LogP contribution in [0.4, 0.5) is 0 Å². The molecule has 0 aromatic heterocycles. The lowest BCUT2D eigenvalue weighted by molar-refractivity contribution is -0.147. The molecule has 0 aliphatic rings. The summed E-state index contributed by atoms with van der Waals surface area (Å²) in [5.74, 6) is -1.67. The van der Waals surface area contributed by atoms with Crippen LogP contribution in [0.25, 0.3) is 11.1 Å². The molecule has 0 fully saturated rings. The minimum atomic E-state index is -0.996. The second kappa shape index (κ2) is 27.9. The molecule has 1 unspecified atom stereocenters. The van der Waals surface area contributed by atoms with E-state index >= 15 is 0 Å². The molecular formula is C31H47NO6. The third kappa shape index (κ3) is 22.7. The largest absolute Gasteiger partial charge is 0.481 e. The molecule has 4 N–H and O–H groups in total. The van der Waals surface area contributed by atoms with Crippen LogP contribution < -0.4 is 5.73 Å². The summed E-state index contributed by atoms with van der Waals surface area (Å²) in [6, 6.07) is 19.1. The van der Waals surface area contributed by atoms with E-state index in [0.717, 1.165) is 26.4 Å². The summed E-state index contributed by atoms with van der Waals surface area (Å²) in [6.07, 6.45) is 5.91. The summed E-state index contributed by atoms with van der Waals surface area (Å²) >= 11 is 0. The van der Waals surface area contributed by atoms with Crippen molar-refractivity contribution in [3.8, 4) is 11.1 Å². The first-order valence-corrected chi connectivity index (χ1v) is 12.7. The van der Waals surface area contributed by atoms with Gasteiger partial charge in [-0.15, -0.1) is 0 Å². The van der Waals surface area contributed by atoms with Crippen molar-refractivity contribution in [3.63, 3.8) is 0 Å². The number of carbonyl (C=O) groups excluding carboxylic acids is 2. The van der Waals surface area contributed by atoms with Gasteiger partial charge < -0.3 is 20.7 Å². The van der Waals surface area contributed by atoms with Gasteiger partial charge in [0.1, 0.15) is 0 Å². The molecule has 1 atom stereocenters. The summed E-state index contributed by atoms with van der Waals surface area (Å²) in [7, 11) is 1.00. The third-order valence-corrected chi connectivity index (χ3v) is 4.60. The second-order valence-corrected chi connectivity index (χ2v) is 7.44. The van der Waals surface area contributed by atoms with Crippen molar-refractivity contribution in [1.29, 1.82) is 0 Å². The van der Waals surface area contributed by atoms with Gasteiger partial charge in [0.05, 0.1) is 18.9 Å². The van der Waals surface area contributed by atoms with E-state index in [0.29, 0.717) is 6.61 Å². The molecule has 0 bridgehead atoms. The highest BCUT2D eigenvalue weighted by molar-refractivity contribution is 5.79. The Morgan fingerprint density at radius 3 is 1.82 bits per heavy atom. The number of esters is 1. The first kappa shape index (κ1) is 38.8. The average molecular weight is 530 g/mol. The van der Waals surface area contributed by atoms with E-state index in [1.807, 2.05) is 33.8 Å².